The molecule has 0 spiro atoms. The van der Waals surface area contributed by atoms with Crippen molar-refractivity contribution in [1.29, 1.82) is 0 Å². The predicted octanol–water partition coefficient (Wildman–Crippen LogP) is 2.15. The number of hydrogen-bond acceptors (Lipinski definition) is 8. The first-order valence-electron chi connectivity index (χ1n) is 9.42. The van der Waals surface area contributed by atoms with Gasteiger partial charge in [0.1, 0.15) is 10.7 Å². The van der Waals surface area contributed by atoms with Crippen molar-refractivity contribution in [3.8, 4) is 0 Å². The van der Waals surface area contributed by atoms with E-state index in [2.05, 4.69) is 27.0 Å². The molecule has 0 radical (unpaired) electrons. The Morgan fingerprint density at radius 2 is 1.90 bits per heavy atom. The quantitative estimate of drug-likeness (QED) is 0.537. The van der Waals surface area contributed by atoms with Crippen molar-refractivity contribution in [2.24, 2.45) is 0 Å². The van der Waals surface area contributed by atoms with Crippen molar-refractivity contribution in [2.75, 3.05) is 49.2 Å². The van der Waals surface area contributed by atoms with E-state index >= 15 is 0 Å². The lowest BCUT2D eigenvalue weighted by molar-refractivity contribution is -0.387. The van der Waals surface area contributed by atoms with Crippen molar-refractivity contribution in [2.45, 2.75) is 18.4 Å². The number of piperazine rings is 1. The van der Waals surface area contributed by atoms with Gasteiger partial charge in [-0.15, -0.1) is 0 Å². The van der Waals surface area contributed by atoms with Gasteiger partial charge in [0.15, 0.2) is 9.84 Å². The summed E-state index contributed by atoms with van der Waals surface area (Å²) in [5.74, 6) is 0.944. The summed E-state index contributed by atoms with van der Waals surface area (Å²) >= 11 is 0. The third-order valence-electron chi connectivity index (χ3n) is 5.01. The van der Waals surface area contributed by atoms with Gasteiger partial charge in [0.05, 0.1) is 4.92 Å². The average Bonchev–Trinajstić information content (AvgIpc) is 2.72. The number of nitro benzene ring substituents is 1. The fourth-order valence-electron chi connectivity index (χ4n) is 3.28. The smallest absolute Gasteiger partial charge is 0.288 e. The summed E-state index contributed by atoms with van der Waals surface area (Å²) in [6.45, 7) is 7.63. The number of hydrogen-bond donors (Lipinski definition) is 1. The van der Waals surface area contributed by atoms with Crippen LogP contribution in [0.1, 0.15) is 12.5 Å². The topological polar surface area (TPSA) is 109 Å². The number of pyridine rings is 1. The molecule has 9 nitrogen and oxygen atoms in total. The van der Waals surface area contributed by atoms with Crippen LogP contribution >= 0.6 is 0 Å². The number of anilines is 2. The summed E-state index contributed by atoms with van der Waals surface area (Å²) in [5, 5.41) is 14.2. The minimum absolute atomic E-state index is 0.299. The fraction of sp³-hybridized carbons (Fsp3) is 0.421. The first-order chi connectivity index (χ1) is 13.8. The molecule has 10 heteroatoms. The zero-order chi connectivity index (χ0) is 21.0. The minimum Gasteiger partial charge on any atom is -0.381 e. The van der Waals surface area contributed by atoms with E-state index in [1.165, 1.54) is 18.2 Å². The minimum atomic E-state index is -3.71. The molecular weight excluding hydrogens is 394 g/mol. The highest BCUT2D eigenvalue weighted by atomic mass is 32.2. The van der Waals surface area contributed by atoms with Crippen LogP contribution in [-0.4, -0.2) is 62.2 Å². The molecule has 1 saturated heterocycles. The Labute approximate surface area is 170 Å². The van der Waals surface area contributed by atoms with Crippen molar-refractivity contribution >= 4 is 27.0 Å². The number of benzene rings is 1. The molecule has 3 rings (SSSR count). The molecular formula is C19H25N5O4S. The Morgan fingerprint density at radius 1 is 1.17 bits per heavy atom. The second-order valence-corrected chi connectivity index (χ2v) is 9.00. The summed E-state index contributed by atoms with van der Waals surface area (Å²) in [5.41, 5.74) is 1.00. The number of nitrogens with zero attached hydrogens (tertiary/aromatic N) is 4. The molecule has 156 valence electrons. The fourth-order valence-corrected chi connectivity index (χ4v) is 4.14. The van der Waals surface area contributed by atoms with Crippen molar-refractivity contribution in [1.82, 2.24) is 9.88 Å². The normalized spacial score (nSPS) is 15.3. The van der Waals surface area contributed by atoms with Crippen LogP contribution in [0.5, 0.6) is 0 Å². The molecule has 0 saturated carbocycles. The largest absolute Gasteiger partial charge is 0.381 e. The Bertz CT molecular complexity index is 971. The van der Waals surface area contributed by atoms with Crippen LogP contribution in [0.3, 0.4) is 0 Å². The van der Waals surface area contributed by atoms with E-state index in [1.54, 1.807) is 6.20 Å². The zero-order valence-corrected chi connectivity index (χ0v) is 17.4. The summed E-state index contributed by atoms with van der Waals surface area (Å²) in [7, 11) is -3.71. The highest BCUT2D eigenvalue weighted by molar-refractivity contribution is 7.90. The van der Waals surface area contributed by atoms with Crippen LogP contribution in [0, 0.1) is 10.1 Å². The predicted molar refractivity (Wildman–Crippen MR) is 112 cm³/mol. The van der Waals surface area contributed by atoms with Crippen LogP contribution in [0.15, 0.2) is 41.4 Å². The number of sulfone groups is 1. The SMILES string of the molecule is CCN1CCN(c2ccc(CNc3ccc([N+](=O)[O-])c(S(C)(=O)=O)c3)cn2)CC1. The van der Waals surface area contributed by atoms with Crippen molar-refractivity contribution in [3.05, 3.63) is 52.2 Å². The molecule has 2 heterocycles. The zero-order valence-electron chi connectivity index (χ0n) is 16.5. The first kappa shape index (κ1) is 21.0. The van der Waals surface area contributed by atoms with E-state index in [0.29, 0.717) is 12.2 Å². The summed E-state index contributed by atoms with van der Waals surface area (Å²) < 4.78 is 23.7. The summed E-state index contributed by atoms with van der Waals surface area (Å²) in [6, 6.07) is 7.96. The van der Waals surface area contributed by atoms with Gasteiger partial charge < -0.3 is 15.1 Å². The van der Waals surface area contributed by atoms with E-state index in [1.807, 2.05) is 12.1 Å². The van der Waals surface area contributed by atoms with Gasteiger partial charge in [0.25, 0.3) is 5.69 Å². The van der Waals surface area contributed by atoms with Crippen LogP contribution in [0.25, 0.3) is 0 Å². The van der Waals surface area contributed by atoms with Gasteiger partial charge in [-0.3, -0.25) is 10.1 Å². The second kappa shape index (κ2) is 8.75. The van der Waals surface area contributed by atoms with Gasteiger partial charge >= 0.3 is 0 Å². The van der Waals surface area contributed by atoms with Gasteiger partial charge in [-0.1, -0.05) is 13.0 Å². The van der Waals surface area contributed by atoms with E-state index in [0.717, 1.165) is 50.4 Å². The Morgan fingerprint density at radius 3 is 2.45 bits per heavy atom. The average molecular weight is 420 g/mol. The molecule has 0 amide bonds. The van der Waals surface area contributed by atoms with Gasteiger partial charge in [0.2, 0.25) is 0 Å². The lowest BCUT2D eigenvalue weighted by Gasteiger charge is -2.34. The van der Waals surface area contributed by atoms with Crippen molar-refractivity contribution < 1.29 is 13.3 Å². The molecule has 1 aliphatic heterocycles. The maximum absolute atomic E-state index is 11.9. The lowest BCUT2D eigenvalue weighted by atomic mass is 10.2. The number of aromatic nitrogens is 1. The second-order valence-electron chi connectivity index (χ2n) is 7.01. The Balaban J connectivity index is 1.65. The van der Waals surface area contributed by atoms with E-state index in [-0.39, 0.29) is 4.90 Å². The van der Waals surface area contributed by atoms with Crippen LogP contribution in [0.4, 0.5) is 17.2 Å². The molecule has 2 aromatic rings. The van der Waals surface area contributed by atoms with Gasteiger partial charge in [-0.2, -0.15) is 0 Å². The van der Waals surface area contributed by atoms with E-state index in [9.17, 15) is 18.5 Å². The number of rotatable bonds is 7. The highest BCUT2D eigenvalue weighted by Crippen LogP contribution is 2.27. The third-order valence-corrected chi connectivity index (χ3v) is 6.13. The lowest BCUT2D eigenvalue weighted by Crippen LogP contribution is -2.46. The van der Waals surface area contributed by atoms with E-state index < -0.39 is 20.4 Å². The van der Waals surface area contributed by atoms with Crippen LogP contribution in [-0.2, 0) is 16.4 Å². The summed E-state index contributed by atoms with van der Waals surface area (Å²) in [6.07, 6.45) is 2.75. The number of nitrogens with one attached hydrogen (secondary N) is 1. The monoisotopic (exact) mass is 419 g/mol. The number of nitro groups is 1. The maximum atomic E-state index is 11.9. The van der Waals surface area contributed by atoms with Gasteiger partial charge in [0, 0.05) is 56.9 Å². The van der Waals surface area contributed by atoms with E-state index in [4.69, 9.17) is 0 Å². The van der Waals surface area contributed by atoms with Gasteiger partial charge in [-0.25, -0.2) is 13.4 Å². The molecule has 29 heavy (non-hydrogen) atoms. The van der Waals surface area contributed by atoms with Crippen LogP contribution < -0.4 is 10.2 Å². The maximum Gasteiger partial charge on any atom is 0.288 e. The molecule has 1 aromatic heterocycles. The molecule has 0 bridgehead atoms. The molecule has 1 N–H and O–H groups in total. The Hall–Kier alpha value is -2.72. The molecule has 1 fully saturated rings. The number of likely N-dealkylation sites (N-methyl/N-ethyl adjacent to an activating group) is 1. The molecule has 1 aliphatic rings. The summed E-state index contributed by atoms with van der Waals surface area (Å²) in [4.78, 5) is 19.3. The molecule has 1 aromatic carbocycles. The third kappa shape index (κ3) is 5.21. The molecule has 0 unspecified atom stereocenters. The molecule has 0 atom stereocenters. The molecule has 0 aliphatic carbocycles. The van der Waals surface area contributed by atoms with Crippen molar-refractivity contribution in [3.63, 3.8) is 0 Å². The van der Waals surface area contributed by atoms with Gasteiger partial charge in [-0.05, 0) is 30.3 Å². The van der Waals surface area contributed by atoms with Crippen LogP contribution in [0.2, 0.25) is 0 Å². The standard InChI is InChI=1S/C19H25N5O4S/c1-3-22-8-10-23(11-9-22)19-7-4-15(14-21-19)13-20-16-5-6-17(24(25)26)18(12-16)29(2,27)28/h4-7,12,14,20H,3,8-11,13H2,1-2H3. The first-order valence-corrected chi connectivity index (χ1v) is 11.3. The Kier molecular flexibility index (Phi) is 6.33. The highest BCUT2D eigenvalue weighted by Gasteiger charge is 2.22.